The molecule has 0 aliphatic carbocycles. The van der Waals surface area contributed by atoms with Crippen LogP contribution in [0.25, 0.3) is 10.9 Å². The van der Waals surface area contributed by atoms with Crippen LogP contribution in [0.15, 0.2) is 77.6 Å². The summed E-state index contributed by atoms with van der Waals surface area (Å²) in [4.78, 5) is 26.4. The van der Waals surface area contributed by atoms with Gasteiger partial charge in [-0.05, 0) is 60.0 Å². The van der Waals surface area contributed by atoms with Gasteiger partial charge in [0.2, 0.25) is 5.91 Å². The second kappa shape index (κ2) is 10.6. The number of carbonyl (C=O) groups is 1. The molecule has 1 aromatic heterocycles. The molecule has 180 valence electrons. The van der Waals surface area contributed by atoms with Crippen molar-refractivity contribution in [2.45, 2.75) is 13.1 Å². The lowest BCUT2D eigenvalue weighted by Crippen LogP contribution is -2.30. The number of anilines is 2. The molecule has 1 amide bonds. The van der Waals surface area contributed by atoms with Crippen LogP contribution in [-0.2, 0) is 17.9 Å². The average Bonchev–Trinajstić information content (AvgIpc) is 2.89. The quantitative estimate of drug-likeness (QED) is 0.377. The Morgan fingerprint density at radius 1 is 0.800 bits per heavy atom. The zero-order valence-corrected chi connectivity index (χ0v) is 19.8. The first-order chi connectivity index (χ1) is 17.0. The molecule has 0 saturated carbocycles. The van der Waals surface area contributed by atoms with Gasteiger partial charge in [0.15, 0.2) is 0 Å². The van der Waals surface area contributed by atoms with Crippen LogP contribution in [0.2, 0.25) is 0 Å². The molecule has 0 aliphatic rings. The molecule has 0 aliphatic heterocycles. The van der Waals surface area contributed by atoms with Crippen LogP contribution in [0.4, 0.5) is 11.4 Å². The number of methoxy groups -OCH3 is 3. The molecule has 4 aromatic rings. The van der Waals surface area contributed by atoms with Crippen molar-refractivity contribution >= 4 is 28.2 Å². The van der Waals surface area contributed by atoms with E-state index >= 15 is 0 Å². The van der Waals surface area contributed by atoms with Gasteiger partial charge in [-0.3, -0.25) is 14.2 Å². The Hall–Kier alpha value is -4.46. The van der Waals surface area contributed by atoms with Crippen LogP contribution < -0.4 is 30.4 Å². The predicted molar refractivity (Wildman–Crippen MR) is 137 cm³/mol. The number of aromatic nitrogens is 1. The molecular weight excluding hydrogens is 446 g/mol. The molecule has 0 unspecified atom stereocenters. The van der Waals surface area contributed by atoms with E-state index in [1.54, 1.807) is 51.7 Å². The van der Waals surface area contributed by atoms with Crippen molar-refractivity contribution < 1.29 is 19.0 Å². The van der Waals surface area contributed by atoms with Crippen molar-refractivity contribution in [2.75, 3.05) is 32.0 Å². The number of ether oxygens (including phenoxy) is 3. The third-order valence-electron chi connectivity index (χ3n) is 5.61. The van der Waals surface area contributed by atoms with Crippen LogP contribution in [-0.4, -0.2) is 31.8 Å². The van der Waals surface area contributed by atoms with Crippen LogP contribution in [0.5, 0.6) is 17.2 Å². The van der Waals surface area contributed by atoms with E-state index in [-0.39, 0.29) is 18.0 Å². The second-order valence-corrected chi connectivity index (χ2v) is 7.85. The van der Waals surface area contributed by atoms with E-state index < -0.39 is 0 Å². The number of fused-ring (bicyclic) bond motifs is 1. The summed E-state index contributed by atoms with van der Waals surface area (Å²) in [6.45, 7) is 0.140. The predicted octanol–water partition coefficient (Wildman–Crippen LogP) is 4.28. The highest BCUT2D eigenvalue weighted by Crippen LogP contribution is 2.22. The van der Waals surface area contributed by atoms with E-state index in [4.69, 9.17) is 14.2 Å². The normalized spacial score (nSPS) is 10.6. The number of amides is 1. The monoisotopic (exact) mass is 473 g/mol. The molecule has 35 heavy (non-hydrogen) atoms. The maximum Gasteiger partial charge on any atom is 0.256 e. The number of hydrogen-bond donors (Lipinski definition) is 2. The first-order valence-corrected chi connectivity index (χ1v) is 11.0. The van der Waals surface area contributed by atoms with Crippen molar-refractivity contribution in [1.82, 2.24) is 4.57 Å². The van der Waals surface area contributed by atoms with Gasteiger partial charge in [0.05, 0.1) is 26.8 Å². The maximum absolute atomic E-state index is 13.5. The summed E-state index contributed by atoms with van der Waals surface area (Å²) in [7, 11) is 4.73. The van der Waals surface area contributed by atoms with Gasteiger partial charge >= 0.3 is 0 Å². The number of hydrogen-bond acceptors (Lipinski definition) is 6. The van der Waals surface area contributed by atoms with Crippen molar-refractivity contribution in [3.05, 3.63) is 88.7 Å². The zero-order chi connectivity index (χ0) is 24.8. The maximum atomic E-state index is 13.5. The molecule has 0 atom stereocenters. The van der Waals surface area contributed by atoms with Crippen LogP contribution in [0, 0.1) is 0 Å². The van der Waals surface area contributed by atoms with Crippen molar-refractivity contribution in [3.63, 3.8) is 0 Å². The number of nitrogens with zero attached hydrogens (tertiary/aromatic N) is 1. The summed E-state index contributed by atoms with van der Waals surface area (Å²) in [6.07, 6.45) is 0. The second-order valence-electron chi connectivity index (χ2n) is 7.85. The zero-order valence-electron chi connectivity index (χ0n) is 19.8. The summed E-state index contributed by atoms with van der Waals surface area (Å²) in [6, 6.07) is 21.8. The van der Waals surface area contributed by atoms with E-state index in [9.17, 15) is 9.59 Å². The molecule has 8 heteroatoms. The van der Waals surface area contributed by atoms with E-state index in [0.29, 0.717) is 34.8 Å². The molecule has 0 fully saturated rings. The SMILES string of the molecule is COc1ccc(NCc2cc3ccc(OC)cc3n(CC(=O)Nc3cccc(OC)c3)c2=O)cc1. The highest BCUT2D eigenvalue weighted by Gasteiger charge is 2.14. The van der Waals surface area contributed by atoms with E-state index in [0.717, 1.165) is 16.8 Å². The molecule has 0 spiro atoms. The molecule has 3 aromatic carbocycles. The summed E-state index contributed by atoms with van der Waals surface area (Å²) >= 11 is 0. The first kappa shape index (κ1) is 23.7. The minimum atomic E-state index is -0.329. The number of pyridine rings is 1. The Balaban J connectivity index is 1.64. The number of carbonyl (C=O) groups excluding carboxylic acids is 1. The highest BCUT2D eigenvalue weighted by molar-refractivity contribution is 5.92. The van der Waals surface area contributed by atoms with Crippen molar-refractivity contribution in [3.8, 4) is 17.2 Å². The topological polar surface area (TPSA) is 90.8 Å². The molecule has 0 saturated heterocycles. The lowest BCUT2D eigenvalue weighted by atomic mass is 10.1. The van der Waals surface area contributed by atoms with Gasteiger partial charge in [0, 0.05) is 35.6 Å². The molecule has 4 rings (SSSR count). The summed E-state index contributed by atoms with van der Waals surface area (Å²) in [5, 5.41) is 6.93. The van der Waals surface area contributed by atoms with Gasteiger partial charge in [0.1, 0.15) is 23.8 Å². The van der Waals surface area contributed by atoms with Gasteiger partial charge in [-0.15, -0.1) is 0 Å². The third-order valence-corrected chi connectivity index (χ3v) is 5.61. The summed E-state index contributed by atoms with van der Waals surface area (Å²) in [5.41, 5.74) is 2.33. The smallest absolute Gasteiger partial charge is 0.256 e. The highest BCUT2D eigenvalue weighted by atomic mass is 16.5. The Morgan fingerprint density at radius 3 is 2.20 bits per heavy atom. The van der Waals surface area contributed by atoms with Gasteiger partial charge < -0.3 is 24.8 Å². The molecule has 0 bridgehead atoms. The van der Waals surface area contributed by atoms with E-state index in [1.807, 2.05) is 42.5 Å². The Labute approximate surface area is 203 Å². The number of benzene rings is 3. The summed E-state index contributed by atoms with van der Waals surface area (Å²) < 4.78 is 17.2. The van der Waals surface area contributed by atoms with Crippen molar-refractivity contribution in [1.29, 1.82) is 0 Å². The first-order valence-electron chi connectivity index (χ1n) is 11.0. The molecule has 1 heterocycles. The van der Waals surface area contributed by atoms with E-state index in [2.05, 4.69) is 10.6 Å². The molecule has 8 nitrogen and oxygen atoms in total. The molecule has 0 radical (unpaired) electrons. The Morgan fingerprint density at radius 2 is 1.49 bits per heavy atom. The Kier molecular flexibility index (Phi) is 7.21. The lowest BCUT2D eigenvalue weighted by molar-refractivity contribution is -0.116. The number of rotatable bonds is 9. The number of nitrogens with one attached hydrogen (secondary N) is 2. The largest absolute Gasteiger partial charge is 0.497 e. The third kappa shape index (κ3) is 5.55. The average molecular weight is 474 g/mol. The van der Waals surface area contributed by atoms with Crippen LogP contribution in [0.1, 0.15) is 5.56 Å². The Bertz CT molecular complexity index is 1400. The fourth-order valence-electron chi connectivity index (χ4n) is 3.77. The van der Waals surface area contributed by atoms with E-state index in [1.165, 1.54) is 4.57 Å². The van der Waals surface area contributed by atoms with Gasteiger partial charge in [-0.1, -0.05) is 6.07 Å². The fraction of sp³-hybridized carbons (Fsp3) is 0.185. The minimum absolute atomic E-state index is 0.157. The van der Waals surface area contributed by atoms with Crippen molar-refractivity contribution in [2.24, 2.45) is 0 Å². The fourth-order valence-corrected chi connectivity index (χ4v) is 3.77. The van der Waals surface area contributed by atoms with Crippen LogP contribution in [0.3, 0.4) is 0 Å². The molecule has 2 N–H and O–H groups in total. The van der Waals surface area contributed by atoms with Gasteiger partial charge in [-0.2, -0.15) is 0 Å². The minimum Gasteiger partial charge on any atom is -0.497 e. The summed E-state index contributed by atoms with van der Waals surface area (Å²) in [5.74, 6) is 1.65. The standard InChI is InChI=1S/C27H27N3O5/c1-33-22-11-8-20(9-12-22)28-16-19-13-18-7-10-24(35-3)15-25(18)30(27(19)32)17-26(31)29-21-5-4-6-23(14-21)34-2/h4-15,28H,16-17H2,1-3H3,(H,29,31). The van der Waals surface area contributed by atoms with Gasteiger partial charge in [-0.25, -0.2) is 0 Å². The molecular formula is C27H27N3O5. The van der Waals surface area contributed by atoms with Crippen LogP contribution >= 0.6 is 0 Å². The van der Waals surface area contributed by atoms with Gasteiger partial charge in [0.25, 0.3) is 5.56 Å². The lowest BCUT2D eigenvalue weighted by Gasteiger charge is -2.15.